The van der Waals surface area contributed by atoms with Crippen LogP contribution in [-0.2, 0) is 6.42 Å². The third-order valence-corrected chi connectivity index (χ3v) is 4.63. The molecule has 4 rings (SSSR count). The van der Waals surface area contributed by atoms with Gasteiger partial charge in [-0.2, -0.15) is 0 Å². The number of benzene rings is 2. The summed E-state index contributed by atoms with van der Waals surface area (Å²) in [5.74, 6) is 1.21. The van der Waals surface area contributed by atoms with Crippen molar-refractivity contribution in [3.63, 3.8) is 0 Å². The van der Waals surface area contributed by atoms with Crippen LogP contribution in [0, 0.1) is 20.8 Å². The van der Waals surface area contributed by atoms with E-state index in [0.29, 0.717) is 23.8 Å². The summed E-state index contributed by atoms with van der Waals surface area (Å²) >= 11 is 0. The number of H-pyrrole nitrogens is 1. The Hall–Kier alpha value is -3.34. The van der Waals surface area contributed by atoms with E-state index in [2.05, 4.69) is 32.9 Å². The number of aromatic amines is 1. The van der Waals surface area contributed by atoms with Crippen LogP contribution in [0.2, 0.25) is 0 Å². The maximum atomic E-state index is 12.2. The fourth-order valence-electron chi connectivity index (χ4n) is 3.27. The molecule has 0 saturated carbocycles. The molecule has 5 heteroatoms. The Kier molecular flexibility index (Phi) is 4.28. The summed E-state index contributed by atoms with van der Waals surface area (Å²) in [6, 6.07) is 15.6. The van der Waals surface area contributed by atoms with Gasteiger partial charge in [0.1, 0.15) is 11.6 Å². The summed E-state index contributed by atoms with van der Waals surface area (Å²) in [5.41, 5.74) is 5.53. The number of hydrogen-bond acceptors (Lipinski definition) is 4. The maximum Gasteiger partial charge on any atom is 0.251 e. The first-order valence-electron chi connectivity index (χ1n) is 8.90. The Morgan fingerprint density at radius 3 is 2.56 bits per heavy atom. The number of rotatable bonds is 3. The van der Waals surface area contributed by atoms with Gasteiger partial charge in [-0.05, 0) is 38.5 Å². The monoisotopic (exact) mass is 356 g/mol. The largest absolute Gasteiger partial charge is 0.310 e. The van der Waals surface area contributed by atoms with E-state index in [1.54, 1.807) is 0 Å². The molecule has 0 saturated heterocycles. The lowest BCUT2D eigenvalue weighted by Gasteiger charge is -2.08. The van der Waals surface area contributed by atoms with E-state index in [4.69, 9.17) is 0 Å². The molecule has 0 spiro atoms. The molecule has 0 fully saturated rings. The van der Waals surface area contributed by atoms with E-state index < -0.39 is 0 Å². The lowest BCUT2D eigenvalue weighted by molar-refractivity contribution is 0.881. The molecule has 0 aliphatic heterocycles. The molecule has 1 N–H and O–H groups in total. The zero-order valence-corrected chi connectivity index (χ0v) is 15.6. The van der Waals surface area contributed by atoms with Gasteiger partial charge in [0.25, 0.3) is 5.56 Å². The lowest BCUT2D eigenvalue weighted by Crippen LogP contribution is -2.13. The lowest BCUT2D eigenvalue weighted by atomic mass is 10.1. The van der Waals surface area contributed by atoms with E-state index in [-0.39, 0.29) is 5.56 Å². The standard InChI is InChI=1S/C22H20N4O/c1-13-8-9-18-17(10-13)15(3)23-20(24-18)12-21-25-19(11-22(27)26-21)16-7-5-4-6-14(16)2/h4-11H,12H2,1-3H3,(H,25,26,27). The van der Waals surface area contributed by atoms with Crippen LogP contribution in [0.5, 0.6) is 0 Å². The van der Waals surface area contributed by atoms with Gasteiger partial charge < -0.3 is 4.98 Å². The molecule has 2 heterocycles. The molecule has 27 heavy (non-hydrogen) atoms. The first kappa shape index (κ1) is 17.1. The Balaban J connectivity index is 1.75. The smallest absolute Gasteiger partial charge is 0.251 e. The van der Waals surface area contributed by atoms with Crippen molar-refractivity contribution >= 4 is 10.9 Å². The van der Waals surface area contributed by atoms with Crippen molar-refractivity contribution in [1.29, 1.82) is 0 Å². The second-order valence-electron chi connectivity index (χ2n) is 6.81. The van der Waals surface area contributed by atoms with Gasteiger partial charge >= 0.3 is 0 Å². The molecular formula is C22H20N4O. The normalized spacial score (nSPS) is 11.1. The summed E-state index contributed by atoms with van der Waals surface area (Å²) in [5, 5.41) is 1.05. The molecule has 4 aromatic rings. The van der Waals surface area contributed by atoms with Crippen molar-refractivity contribution in [1.82, 2.24) is 19.9 Å². The molecule has 0 amide bonds. The van der Waals surface area contributed by atoms with Crippen molar-refractivity contribution in [3.05, 3.63) is 87.4 Å². The van der Waals surface area contributed by atoms with E-state index in [1.165, 1.54) is 11.6 Å². The first-order valence-corrected chi connectivity index (χ1v) is 8.90. The zero-order chi connectivity index (χ0) is 19.0. The molecule has 0 aliphatic rings. The minimum atomic E-state index is -0.175. The van der Waals surface area contributed by atoms with Gasteiger partial charge in [0.2, 0.25) is 0 Å². The molecule has 134 valence electrons. The third-order valence-electron chi connectivity index (χ3n) is 4.63. The highest BCUT2D eigenvalue weighted by atomic mass is 16.1. The van der Waals surface area contributed by atoms with Crippen LogP contribution in [0.4, 0.5) is 0 Å². The molecular weight excluding hydrogens is 336 g/mol. The topological polar surface area (TPSA) is 71.5 Å². The summed E-state index contributed by atoms with van der Waals surface area (Å²) in [6.07, 6.45) is 0.375. The quantitative estimate of drug-likeness (QED) is 0.604. The van der Waals surface area contributed by atoms with Crippen LogP contribution in [0.3, 0.4) is 0 Å². The predicted molar refractivity (Wildman–Crippen MR) is 107 cm³/mol. The van der Waals surface area contributed by atoms with Crippen LogP contribution >= 0.6 is 0 Å². The third kappa shape index (κ3) is 3.49. The molecule has 0 bridgehead atoms. The molecule has 0 unspecified atom stereocenters. The Morgan fingerprint density at radius 1 is 0.926 bits per heavy atom. The van der Waals surface area contributed by atoms with Crippen molar-refractivity contribution < 1.29 is 0 Å². The summed E-state index contributed by atoms with van der Waals surface area (Å²) < 4.78 is 0. The van der Waals surface area contributed by atoms with Crippen LogP contribution in [0.25, 0.3) is 22.2 Å². The average molecular weight is 356 g/mol. The van der Waals surface area contributed by atoms with Crippen LogP contribution < -0.4 is 5.56 Å². The highest BCUT2D eigenvalue weighted by molar-refractivity contribution is 5.81. The van der Waals surface area contributed by atoms with E-state index >= 15 is 0 Å². The Morgan fingerprint density at radius 2 is 1.74 bits per heavy atom. The minimum Gasteiger partial charge on any atom is -0.310 e. The average Bonchev–Trinajstić information content (AvgIpc) is 2.62. The van der Waals surface area contributed by atoms with Crippen molar-refractivity contribution in [2.45, 2.75) is 27.2 Å². The zero-order valence-electron chi connectivity index (χ0n) is 15.6. The fourth-order valence-corrected chi connectivity index (χ4v) is 3.27. The number of aryl methyl sites for hydroxylation is 3. The van der Waals surface area contributed by atoms with Gasteiger partial charge in [-0.3, -0.25) is 4.79 Å². The molecule has 5 nitrogen and oxygen atoms in total. The van der Waals surface area contributed by atoms with Crippen molar-refractivity contribution in [3.8, 4) is 11.3 Å². The summed E-state index contributed by atoms with van der Waals surface area (Å²) in [4.78, 5) is 28.9. The van der Waals surface area contributed by atoms with Gasteiger partial charge in [-0.25, -0.2) is 15.0 Å². The molecule has 0 atom stereocenters. The maximum absolute atomic E-state index is 12.2. The second-order valence-corrected chi connectivity index (χ2v) is 6.81. The summed E-state index contributed by atoms with van der Waals surface area (Å²) in [6.45, 7) is 6.04. The molecule has 0 aliphatic carbocycles. The first-order chi connectivity index (χ1) is 13.0. The number of nitrogens with zero attached hydrogens (tertiary/aromatic N) is 3. The van der Waals surface area contributed by atoms with Crippen LogP contribution in [-0.4, -0.2) is 19.9 Å². The van der Waals surface area contributed by atoms with Gasteiger partial charge in [-0.1, -0.05) is 35.9 Å². The molecule has 0 radical (unpaired) electrons. The van der Waals surface area contributed by atoms with Gasteiger partial charge in [-0.15, -0.1) is 0 Å². The van der Waals surface area contributed by atoms with Crippen molar-refractivity contribution in [2.24, 2.45) is 0 Å². The highest BCUT2D eigenvalue weighted by Gasteiger charge is 2.10. The highest BCUT2D eigenvalue weighted by Crippen LogP contribution is 2.21. The predicted octanol–water partition coefficient (Wildman–Crippen LogP) is 3.90. The van der Waals surface area contributed by atoms with E-state index in [1.807, 2.05) is 50.2 Å². The number of hydrogen-bond donors (Lipinski definition) is 1. The Labute approximate surface area is 157 Å². The number of aromatic nitrogens is 4. The van der Waals surface area contributed by atoms with Gasteiger partial charge in [0, 0.05) is 22.7 Å². The number of fused-ring (bicyclic) bond motifs is 1. The fraction of sp³-hybridized carbons (Fsp3) is 0.182. The Bertz CT molecular complexity index is 1210. The second kappa shape index (κ2) is 6.76. The van der Waals surface area contributed by atoms with E-state index in [9.17, 15) is 4.79 Å². The molecule has 2 aromatic heterocycles. The molecule has 2 aromatic carbocycles. The van der Waals surface area contributed by atoms with Gasteiger partial charge in [0.15, 0.2) is 0 Å². The number of nitrogens with one attached hydrogen (secondary N) is 1. The minimum absolute atomic E-state index is 0.175. The SMILES string of the molecule is Cc1ccc2nc(Cc3nc(-c4ccccc4C)cc(=O)[nH]3)nc(C)c2c1. The van der Waals surface area contributed by atoms with Gasteiger partial charge in [0.05, 0.1) is 17.6 Å². The van der Waals surface area contributed by atoms with Crippen LogP contribution in [0.15, 0.2) is 53.3 Å². The van der Waals surface area contributed by atoms with Crippen molar-refractivity contribution in [2.75, 3.05) is 0 Å². The van der Waals surface area contributed by atoms with Crippen LogP contribution in [0.1, 0.15) is 28.5 Å². The summed E-state index contributed by atoms with van der Waals surface area (Å²) in [7, 11) is 0. The van der Waals surface area contributed by atoms with E-state index in [0.717, 1.165) is 27.7 Å².